The third-order valence-corrected chi connectivity index (χ3v) is 3.98. The molecule has 1 heterocycles. The molecule has 2 N–H and O–H groups in total. The minimum Gasteiger partial charge on any atom is -0.352 e. The summed E-state index contributed by atoms with van der Waals surface area (Å²) in [6.07, 6.45) is 2.36. The fraction of sp³-hybridized carbons (Fsp3) is 0.312. The van der Waals surface area contributed by atoms with Crippen LogP contribution < -0.4 is 10.9 Å². The number of hydrogen-bond donors (Lipinski definition) is 2. The molecule has 0 bridgehead atoms. The smallest absolute Gasteiger partial charge is 0.254 e. The molecule has 122 valence electrons. The van der Waals surface area contributed by atoms with Crippen LogP contribution in [0.4, 0.5) is 4.39 Å². The molecule has 0 aliphatic carbocycles. The average molecular weight is 335 g/mol. The van der Waals surface area contributed by atoms with Crippen LogP contribution in [-0.2, 0) is 17.8 Å². The number of aromatic nitrogens is 2. The van der Waals surface area contributed by atoms with Crippen LogP contribution in [0.3, 0.4) is 0 Å². The van der Waals surface area contributed by atoms with E-state index in [9.17, 15) is 14.0 Å². The number of halogens is 1. The van der Waals surface area contributed by atoms with Crippen LogP contribution in [0.15, 0.2) is 34.2 Å². The second kappa shape index (κ2) is 7.92. The van der Waals surface area contributed by atoms with Gasteiger partial charge in [-0.1, -0.05) is 23.9 Å². The SMILES string of the molecule is CSc1nc(C)c(CCC(=O)NCc2ccc(F)cc2)c(=O)[nH]1. The molecule has 0 spiro atoms. The molecule has 1 aromatic heterocycles. The van der Waals surface area contributed by atoms with Gasteiger partial charge in [0.2, 0.25) is 5.91 Å². The molecule has 0 unspecified atom stereocenters. The Morgan fingerprint density at radius 2 is 2.04 bits per heavy atom. The van der Waals surface area contributed by atoms with E-state index in [4.69, 9.17) is 0 Å². The Kier molecular flexibility index (Phi) is 5.92. The lowest BCUT2D eigenvalue weighted by Gasteiger charge is -2.07. The van der Waals surface area contributed by atoms with Gasteiger partial charge in [-0.25, -0.2) is 9.37 Å². The molecule has 23 heavy (non-hydrogen) atoms. The molecule has 0 saturated heterocycles. The number of carbonyl (C=O) groups excluding carboxylic acids is 1. The molecule has 0 radical (unpaired) electrons. The molecule has 2 rings (SSSR count). The number of thioether (sulfide) groups is 1. The molecular formula is C16H18FN3O2S. The molecule has 2 aromatic rings. The summed E-state index contributed by atoms with van der Waals surface area (Å²) in [7, 11) is 0. The van der Waals surface area contributed by atoms with Gasteiger partial charge in [-0.2, -0.15) is 0 Å². The third-order valence-electron chi connectivity index (χ3n) is 3.40. The molecule has 0 atom stereocenters. The van der Waals surface area contributed by atoms with E-state index in [0.29, 0.717) is 29.4 Å². The van der Waals surface area contributed by atoms with Crippen molar-refractivity contribution in [2.75, 3.05) is 6.26 Å². The number of carbonyl (C=O) groups is 1. The maximum Gasteiger partial charge on any atom is 0.254 e. The van der Waals surface area contributed by atoms with Crippen molar-refractivity contribution in [3.63, 3.8) is 0 Å². The number of aromatic amines is 1. The van der Waals surface area contributed by atoms with Crippen molar-refractivity contribution in [1.82, 2.24) is 15.3 Å². The lowest BCUT2D eigenvalue weighted by molar-refractivity contribution is -0.121. The Hall–Kier alpha value is -2.15. The summed E-state index contributed by atoms with van der Waals surface area (Å²) < 4.78 is 12.8. The summed E-state index contributed by atoms with van der Waals surface area (Å²) in [6.45, 7) is 2.10. The van der Waals surface area contributed by atoms with Crippen LogP contribution in [0.5, 0.6) is 0 Å². The normalized spacial score (nSPS) is 10.6. The molecule has 7 heteroatoms. The first kappa shape index (κ1) is 17.2. The summed E-state index contributed by atoms with van der Waals surface area (Å²) >= 11 is 1.36. The van der Waals surface area contributed by atoms with Crippen molar-refractivity contribution < 1.29 is 9.18 Å². The lowest BCUT2D eigenvalue weighted by atomic mass is 10.1. The zero-order chi connectivity index (χ0) is 16.8. The van der Waals surface area contributed by atoms with Gasteiger partial charge in [-0.05, 0) is 37.3 Å². The highest BCUT2D eigenvalue weighted by Crippen LogP contribution is 2.09. The maximum absolute atomic E-state index is 12.8. The van der Waals surface area contributed by atoms with Crippen LogP contribution in [-0.4, -0.2) is 22.1 Å². The minimum absolute atomic E-state index is 0.165. The van der Waals surface area contributed by atoms with E-state index < -0.39 is 0 Å². The molecule has 5 nitrogen and oxygen atoms in total. The number of nitrogens with one attached hydrogen (secondary N) is 2. The van der Waals surface area contributed by atoms with E-state index in [1.54, 1.807) is 19.1 Å². The topological polar surface area (TPSA) is 74.8 Å². The number of rotatable bonds is 6. The van der Waals surface area contributed by atoms with Gasteiger partial charge in [0.15, 0.2) is 5.16 Å². The number of nitrogens with zero attached hydrogens (tertiary/aromatic N) is 1. The van der Waals surface area contributed by atoms with Crippen LogP contribution in [0.2, 0.25) is 0 Å². The fourth-order valence-corrected chi connectivity index (χ4v) is 2.53. The van der Waals surface area contributed by atoms with Crippen molar-refractivity contribution in [2.24, 2.45) is 0 Å². The van der Waals surface area contributed by atoms with E-state index in [0.717, 1.165) is 5.56 Å². The van der Waals surface area contributed by atoms with Crippen LogP contribution in [0.25, 0.3) is 0 Å². The number of aryl methyl sites for hydroxylation is 1. The first-order valence-corrected chi connectivity index (χ1v) is 8.37. The monoisotopic (exact) mass is 335 g/mol. The second-order valence-corrected chi connectivity index (χ2v) is 5.84. The summed E-state index contributed by atoms with van der Waals surface area (Å²) in [4.78, 5) is 30.8. The largest absolute Gasteiger partial charge is 0.352 e. The van der Waals surface area contributed by atoms with Crippen LogP contribution in [0.1, 0.15) is 23.2 Å². The minimum atomic E-state index is -0.309. The van der Waals surface area contributed by atoms with Crippen LogP contribution >= 0.6 is 11.8 Å². The Labute approximate surface area is 137 Å². The highest BCUT2D eigenvalue weighted by atomic mass is 32.2. The standard InChI is InChI=1S/C16H18FN3O2S/c1-10-13(15(22)20-16(19-10)23-2)7-8-14(21)18-9-11-3-5-12(17)6-4-11/h3-6H,7-9H2,1-2H3,(H,18,21)(H,19,20,22). The first-order valence-electron chi connectivity index (χ1n) is 7.14. The average Bonchev–Trinajstić information content (AvgIpc) is 2.53. The van der Waals surface area contributed by atoms with Gasteiger partial charge in [0, 0.05) is 24.2 Å². The molecular weight excluding hydrogens is 317 g/mol. The molecule has 0 aliphatic rings. The molecule has 0 saturated carbocycles. The van der Waals surface area contributed by atoms with Crippen molar-refractivity contribution >= 4 is 17.7 Å². The fourth-order valence-electron chi connectivity index (χ4n) is 2.11. The maximum atomic E-state index is 12.8. The lowest BCUT2D eigenvalue weighted by Crippen LogP contribution is -2.25. The molecule has 0 fully saturated rings. The van der Waals surface area contributed by atoms with E-state index >= 15 is 0 Å². The van der Waals surface area contributed by atoms with Crippen molar-refractivity contribution in [3.8, 4) is 0 Å². The van der Waals surface area contributed by atoms with Gasteiger partial charge >= 0.3 is 0 Å². The highest BCUT2D eigenvalue weighted by molar-refractivity contribution is 7.98. The molecule has 1 amide bonds. The van der Waals surface area contributed by atoms with E-state index in [1.165, 1.54) is 23.9 Å². The third kappa shape index (κ3) is 4.92. The predicted molar refractivity (Wildman–Crippen MR) is 87.9 cm³/mol. The van der Waals surface area contributed by atoms with E-state index in [2.05, 4.69) is 15.3 Å². The summed E-state index contributed by atoms with van der Waals surface area (Å²) in [6, 6.07) is 5.94. The zero-order valence-corrected chi connectivity index (χ0v) is 13.8. The number of H-pyrrole nitrogens is 1. The number of hydrogen-bond acceptors (Lipinski definition) is 4. The van der Waals surface area contributed by atoms with Gasteiger partial charge < -0.3 is 10.3 Å². The van der Waals surface area contributed by atoms with Crippen molar-refractivity contribution in [1.29, 1.82) is 0 Å². The zero-order valence-electron chi connectivity index (χ0n) is 13.0. The van der Waals surface area contributed by atoms with Gasteiger partial charge in [-0.3, -0.25) is 9.59 Å². The van der Waals surface area contributed by atoms with Gasteiger partial charge in [0.25, 0.3) is 5.56 Å². The number of benzene rings is 1. The molecule has 0 aliphatic heterocycles. The summed E-state index contributed by atoms with van der Waals surface area (Å²) in [5.74, 6) is -0.474. The number of amides is 1. The van der Waals surface area contributed by atoms with E-state index in [-0.39, 0.29) is 23.7 Å². The summed E-state index contributed by atoms with van der Waals surface area (Å²) in [5.41, 5.74) is 1.79. The first-order chi connectivity index (χ1) is 11.0. The van der Waals surface area contributed by atoms with Crippen LogP contribution in [0, 0.1) is 12.7 Å². The van der Waals surface area contributed by atoms with Gasteiger partial charge in [-0.15, -0.1) is 0 Å². The van der Waals surface area contributed by atoms with Crippen molar-refractivity contribution in [3.05, 3.63) is 57.3 Å². The Balaban J connectivity index is 1.89. The Bertz CT molecular complexity index is 744. The van der Waals surface area contributed by atoms with Crippen molar-refractivity contribution in [2.45, 2.75) is 31.5 Å². The summed E-state index contributed by atoms with van der Waals surface area (Å²) in [5, 5.41) is 3.32. The predicted octanol–water partition coefficient (Wildman–Crippen LogP) is 2.19. The van der Waals surface area contributed by atoms with E-state index in [1.807, 2.05) is 6.26 Å². The second-order valence-electron chi connectivity index (χ2n) is 5.04. The highest BCUT2D eigenvalue weighted by Gasteiger charge is 2.10. The Morgan fingerprint density at radius 1 is 1.35 bits per heavy atom. The quantitative estimate of drug-likeness (QED) is 0.627. The molecule has 1 aromatic carbocycles. The Morgan fingerprint density at radius 3 is 2.65 bits per heavy atom. The van der Waals surface area contributed by atoms with Gasteiger partial charge in [0.05, 0.1) is 0 Å². The van der Waals surface area contributed by atoms with Gasteiger partial charge in [0.1, 0.15) is 5.82 Å².